The minimum absolute atomic E-state index is 0.0265. The van der Waals surface area contributed by atoms with E-state index in [2.05, 4.69) is 5.16 Å². The van der Waals surface area contributed by atoms with Crippen LogP contribution in [-0.4, -0.2) is 16.2 Å². The highest BCUT2D eigenvalue weighted by Gasteiger charge is 2.31. The van der Waals surface area contributed by atoms with E-state index in [0.717, 1.165) is 31.7 Å². The zero-order chi connectivity index (χ0) is 15.0. The molecule has 21 heavy (non-hydrogen) atoms. The molecule has 6 heteroatoms. The molecule has 0 radical (unpaired) electrons. The van der Waals surface area contributed by atoms with Gasteiger partial charge in [0.05, 0.1) is 0 Å². The van der Waals surface area contributed by atoms with E-state index in [-0.39, 0.29) is 27.8 Å². The van der Waals surface area contributed by atoms with Gasteiger partial charge in [0.15, 0.2) is 5.76 Å². The SMILES string of the molecule is O=C(O)c1c(-c2ccc(Cl)cc2F)noc1C1CCCC1. The average Bonchev–Trinajstić information content (AvgIpc) is 3.07. The van der Waals surface area contributed by atoms with Gasteiger partial charge < -0.3 is 9.63 Å². The molecule has 110 valence electrons. The van der Waals surface area contributed by atoms with Crippen LogP contribution >= 0.6 is 11.6 Å². The Morgan fingerprint density at radius 3 is 2.71 bits per heavy atom. The molecule has 0 aliphatic heterocycles. The predicted molar refractivity (Wildman–Crippen MR) is 75.1 cm³/mol. The number of carboxylic acid groups (broad SMARTS) is 1. The van der Waals surface area contributed by atoms with Crippen LogP contribution in [0.5, 0.6) is 0 Å². The molecular weight excluding hydrogens is 297 g/mol. The maximum Gasteiger partial charge on any atom is 0.341 e. The van der Waals surface area contributed by atoms with Crippen LogP contribution in [0.15, 0.2) is 22.7 Å². The summed E-state index contributed by atoms with van der Waals surface area (Å²) in [6.45, 7) is 0. The molecule has 0 unspecified atom stereocenters. The maximum absolute atomic E-state index is 14.0. The number of aromatic carboxylic acids is 1. The van der Waals surface area contributed by atoms with Crippen molar-refractivity contribution >= 4 is 17.6 Å². The van der Waals surface area contributed by atoms with E-state index >= 15 is 0 Å². The largest absolute Gasteiger partial charge is 0.477 e. The number of rotatable bonds is 3. The number of hydrogen-bond donors (Lipinski definition) is 1. The number of carboxylic acids is 1. The Kier molecular flexibility index (Phi) is 3.68. The molecular formula is C15H13ClFNO3. The second-order valence-corrected chi connectivity index (χ2v) is 5.62. The Bertz CT molecular complexity index is 692. The highest BCUT2D eigenvalue weighted by molar-refractivity contribution is 6.30. The molecule has 0 atom stereocenters. The zero-order valence-electron chi connectivity index (χ0n) is 11.1. The van der Waals surface area contributed by atoms with Crippen molar-refractivity contribution in [3.63, 3.8) is 0 Å². The second kappa shape index (κ2) is 5.48. The summed E-state index contributed by atoms with van der Waals surface area (Å²) in [5.74, 6) is -1.36. The van der Waals surface area contributed by atoms with Gasteiger partial charge in [0.1, 0.15) is 17.1 Å². The summed E-state index contributed by atoms with van der Waals surface area (Å²) < 4.78 is 19.3. The van der Waals surface area contributed by atoms with Gasteiger partial charge in [-0.05, 0) is 31.0 Å². The van der Waals surface area contributed by atoms with Gasteiger partial charge in [-0.3, -0.25) is 0 Å². The molecule has 1 N–H and O–H groups in total. The van der Waals surface area contributed by atoms with E-state index < -0.39 is 11.8 Å². The fourth-order valence-corrected chi connectivity index (χ4v) is 3.00. The first-order chi connectivity index (χ1) is 10.1. The maximum atomic E-state index is 14.0. The fourth-order valence-electron chi connectivity index (χ4n) is 2.84. The monoisotopic (exact) mass is 309 g/mol. The number of benzene rings is 1. The molecule has 0 spiro atoms. The lowest BCUT2D eigenvalue weighted by molar-refractivity contribution is 0.0694. The van der Waals surface area contributed by atoms with Crippen LogP contribution in [0.25, 0.3) is 11.3 Å². The van der Waals surface area contributed by atoms with Crippen LogP contribution < -0.4 is 0 Å². The van der Waals surface area contributed by atoms with Crippen molar-refractivity contribution in [2.75, 3.05) is 0 Å². The van der Waals surface area contributed by atoms with Gasteiger partial charge in [-0.25, -0.2) is 9.18 Å². The topological polar surface area (TPSA) is 63.3 Å². The van der Waals surface area contributed by atoms with Crippen LogP contribution in [0.1, 0.15) is 47.7 Å². The Morgan fingerprint density at radius 2 is 2.10 bits per heavy atom. The van der Waals surface area contributed by atoms with E-state index in [1.807, 2.05) is 0 Å². The van der Waals surface area contributed by atoms with Crippen molar-refractivity contribution in [2.24, 2.45) is 0 Å². The Balaban J connectivity index is 2.12. The van der Waals surface area contributed by atoms with Gasteiger partial charge in [-0.1, -0.05) is 29.6 Å². The highest BCUT2D eigenvalue weighted by atomic mass is 35.5. The minimum Gasteiger partial charge on any atom is -0.477 e. The number of aromatic nitrogens is 1. The van der Waals surface area contributed by atoms with E-state index in [4.69, 9.17) is 16.1 Å². The summed E-state index contributed by atoms with van der Waals surface area (Å²) in [5.41, 5.74) is 0.0755. The molecule has 0 saturated heterocycles. The van der Waals surface area contributed by atoms with Crippen LogP contribution in [0.2, 0.25) is 5.02 Å². The quantitative estimate of drug-likeness (QED) is 0.907. The van der Waals surface area contributed by atoms with E-state index in [9.17, 15) is 14.3 Å². The normalized spacial score (nSPS) is 15.5. The molecule has 0 bridgehead atoms. The molecule has 2 aromatic rings. The predicted octanol–water partition coefficient (Wildman–Crippen LogP) is 4.49. The minimum atomic E-state index is -1.15. The van der Waals surface area contributed by atoms with Gasteiger partial charge >= 0.3 is 5.97 Å². The van der Waals surface area contributed by atoms with Crippen molar-refractivity contribution in [3.05, 3.63) is 40.4 Å². The summed E-state index contributed by atoms with van der Waals surface area (Å²) in [5, 5.41) is 13.5. The van der Waals surface area contributed by atoms with Crippen molar-refractivity contribution in [2.45, 2.75) is 31.6 Å². The average molecular weight is 310 g/mol. The molecule has 1 saturated carbocycles. The molecule has 4 nitrogen and oxygen atoms in total. The third-order valence-corrected chi connectivity index (χ3v) is 4.08. The van der Waals surface area contributed by atoms with Gasteiger partial charge in [-0.15, -0.1) is 0 Å². The standard InChI is InChI=1S/C15H13ClFNO3/c16-9-5-6-10(11(17)7-9)13-12(15(19)20)14(21-18-13)8-3-1-2-4-8/h5-8H,1-4H2,(H,19,20). The smallest absolute Gasteiger partial charge is 0.341 e. The fraction of sp³-hybridized carbons (Fsp3) is 0.333. The summed E-state index contributed by atoms with van der Waals surface area (Å²) in [4.78, 5) is 11.6. The van der Waals surface area contributed by atoms with Crippen molar-refractivity contribution in [3.8, 4) is 11.3 Å². The molecule has 1 fully saturated rings. The molecule has 1 heterocycles. The molecule has 3 rings (SSSR count). The number of carbonyl (C=O) groups is 1. The lowest BCUT2D eigenvalue weighted by Gasteiger charge is -2.06. The van der Waals surface area contributed by atoms with E-state index in [0.29, 0.717) is 5.76 Å². The number of hydrogen-bond acceptors (Lipinski definition) is 3. The summed E-state index contributed by atoms with van der Waals surface area (Å²) in [6.07, 6.45) is 3.82. The Labute approximate surface area is 125 Å². The molecule has 0 amide bonds. The zero-order valence-corrected chi connectivity index (χ0v) is 11.9. The van der Waals surface area contributed by atoms with Crippen LogP contribution in [-0.2, 0) is 0 Å². The number of halogens is 2. The first-order valence-corrected chi connectivity index (χ1v) is 7.14. The lowest BCUT2D eigenvalue weighted by atomic mass is 9.97. The van der Waals surface area contributed by atoms with Gasteiger partial charge in [0.25, 0.3) is 0 Å². The Hall–Kier alpha value is -1.88. The van der Waals surface area contributed by atoms with Crippen LogP contribution in [0, 0.1) is 5.82 Å². The first kappa shape index (κ1) is 14.1. The third-order valence-electron chi connectivity index (χ3n) is 3.84. The van der Waals surface area contributed by atoms with E-state index in [1.165, 1.54) is 12.1 Å². The second-order valence-electron chi connectivity index (χ2n) is 5.18. The van der Waals surface area contributed by atoms with Gasteiger partial charge in [0, 0.05) is 16.5 Å². The van der Waals surface area contributed by atoms with Crippen molar-refractivity contribution in [1.82, 2.24) is 5.16 Å². The van der Waals surface area contributed by atoms with Gasteiger partial charge in [-0.2, -0.15) is 0 Å². The summed E-state index contributed by atoms with van der Waals surface area (Å²) >= 11 is 5.72. The van der Waals surface area contributed by atoms with Crippen LogP contribution in [0.4, 0.5) is 4.39 Å². The van der Waals surface area contributed by atoms with Gasteiger partial charge in [0.2, 0.25) is 0 Å². The lowest BCUT2D eigenvalue weighted by Crippen LogP contribution is -2.04. The number of nitrogens with zero attached hydrogens (tertiary/aromatic N) is 1. The Morgan fingerprint density at radius 1 is 1.38 bits per heavy atom. The molecule has 1 aromatic heterocycles. The van der Waals surface area contributed by atoms with Crippen molar-refractivity contribution in [1.29, 1.82) is 0 Å². The molecule has 1 aliphatic carbocycles. The molecule has 1 aromatic carbocycles. The third kappa shape index (κ3) is 2.53. The van der Waals surface area contributed by atoms with Crippen molar-refractivity contribution < 1.29 is 18.8 Å². The summed E-state index contributed by atoms with van der Waals surface area (Å²) in [6, 6.07) is 4.04. The first-order valence-electron chi connectivity index (χ1n) is 6.76. The molecule has 1 aliphatic rings. The highest BCUT2D eigenvalue weighted by Crippen LogP contribution is 2.39. The summed E-state index contributed by atoms with van der Waals surface area (Å²) in [7, 11) is 0. The van der Waals surface area contributed by atoms with Crippen LogP contribution in [0.3, 0.4) is 0 Å². The van der Waals surface area contributed by atoms with E-state index in [1.54, 1.807) is 0 Å².